The van der Waals surface area contributed by atoms with Crippen molar-refractivity contribution in [3.8, 4) is 5.75 Å². The molecule has 0 heterocycles. The molecule has 1 unspecified atom stereocenters. The van der Waals surface area contributed by atoms with Gasteiger partial charge in [-0.2, -0.15) is 0 Å². The molecular weight excluding hydrogens is 401 g/mol. The summed E-state index contributed by atoms with van der Waals surface area (Å²) in [5, 5.41) is 3.34. The Morgan fingerprint density at radius 3 is 2.50 bits per heavy atom. The van der Waals surface area contributed by atoms with Crippen LogP contribution in [-0.4, -0.2) is 5.91 Å². The third kappa shape index (κ3) is 6.33. The van der Waals surface area contributed by atoms with E-state index in [1.165, 1.54) is 12.1 Å². The molecule has 5 heteroatoms. The number of carbonyl (C=O) groups excluding carboxylic acids is 1. The molecular formula is C25H25ClFNO2. The average Bonchev–Trinajstić information content (AvgIpc) is 2.71. The first-order valence-corrected chi connectivity index (χ1v) is 10.3. The van der Waals surface area contributed by atoms with Crippen LogP contribution in [-0.2, 0) is 6.61 Å². The van der Waals surface area contributed by atoms with Crippen LogP contribution in [0.15, 0.2) is 72.8 Å². The monoisotopic (exact) mass is 425 g/mol. The number of carbonyl (C=O) groups is 1. The maximum Gasteiger partial charge on any atom is 0.251 e. The van der Waals surface area contributed by atoms with Crippen molar-refractivity contribution >= 4 is 17.5 Å². The topological polar surface area (TPSA) is 38.3 Å². The molecule has 30 heavy (non-hydrogen) atoms. The Bertz CT molecular complexity index is 971. The maximum atomic E-state index is 13.9. The lowest BCUT2D eigenvalue weighted by Crippen LogP contribution is -2.29. The van der Waals surface area contributed by atoms with Gasteiger partial charge in [0.05, 0.1) is 6.04 Å². The second-order valence-electron chi connectivity index (χ2n) is 7.66. The van der Waals surface area contributed by atoms with Gasteiger partial charge in [-0.25, -0.2) is 4.39 Å². The summed E-state index contributed by atoms with van der Waals surface area (Å²) in [5.41, 5.74) is 2.08. The quantitative estimate of drug-likeness (QED) is 0.443. The fourth-order valence-corrected chi connectivity index (χ4v) is 3.48. The van der Waals surface area contributed by atoms with E-state index in [-0.39, 0.29) is 11.9 Å². The second kappa shape index (κ2) is 10.3. The van der Waals surface area contributed by atoms with Crippen molar-refractivity contribution in [1.82, 2.24) is 5.32 Å². The SMILES string of the molecule is CC(C)CC(NC(=O)c1cccc(COc2ccccc2)c1)c1cc(F)cc(Cl)c1. The summed E-state index contributed by atoms with van der Waals surface area (Å²) >= 11 is 6.02. The normalized spacial score (nSPS) is 11.9. The van der Waals surface area contributed by atoms with Gasteiger partial charge in [0.1, 0.15) is 18.2 Å². The fourth-order valence-electron chi connectivity index (χ4n) is 3.25. The van der Waals surface area contributed by atoms with Gasteiger partial charge < -0.3 is 10.1 Å². The highest BCUT2D eigenvalue weighted by atomic mass is 35.5. The van der Waals surface area contributed by atoms with Crippen molar-refractivity contribution in [2.24, 2.45) is 5.92 Å². The third-order valence-corrected chi connectivity index (χ3v) is 4.86. The van der Waals surface area contributed by atoms with E-state index < -0.39 is 5.82 Å². The van der Waals surface area contributed by atoms with Gasteiger partial charge in [0, 0.05) is 10.6 Å². The average molecular weight is 426 g/mol. The van der Waals surface area contributed by atoms with Crippen LogP contribution in [0.5, 0.6) is 5.75 Å². The Balaban J connectivity index is 1.73. The summed E-state index contributed by atoms with van der Waals surface area (Å²) in [5.74, 6) is 0.443. The lowest BCUT2D eigenvalue weighted by Gasteiger charge is -2.22. The number of hydrogen-bond donors (Lipinski definition) is 1. The van der Waals surface area contributed by atoms with Crippen LogP contribution in [0.2, 0.25) is 5.02 Å². The first kappa shape index (κ1) is 21.8. The van der Waals surface area contributed by atoms with Crippen LogP contribution in [0.3, 0.4) is 0 Å². The lowest BCUT2D eigenvalue weighted by atomic mass is 9.96. The van der Waals surface area contributed by atoms with Crippen LogP contribution < -0.4 is 10.1 Å². The van der Waals surface area contributed by atoms with Crippen LogP contribution >= 0.6 is 11.6 Å². The molecule has 3 aromatic rings. The first-order valence-electron chi connectivity index (χ1n) is 9.94. The highest BCUT2D eigenvalue weighted by Crippen LogP contribution is 2.26. The molecule has 1 N–H and O–H groups in total. The number of ether oxygens (including phenoxy) is 1. The van der Waals surface area contributed by atoms with E-state index in [2.05, 4.69) is 19.2 Å². The van der Waals surface area contributed by atoms with E-state index in [9.17, 15) is 9.18 Å². The number of para-hydroxylation sites is 1. The number of hydrogen-bond acceptors (Lipinski definition) is 2. The molecule has 0 radical (unpaired) electrons. The molecule has 0 fully saturated rings. The van der Waals surface area contributed by atoms with Crippen molar-refractivity contribution in [1.29, 1.82) is 0 Å². The highest BCUT2D eigenvalue weighted by Gasteiger charge is 2.19. The molecule has 156 valence electrons. The van der Waals surface area contributed by atoms with Crippen LogP contribution in [0.1, 0.15) is 47.8 Å². The fraction of sp³-hybridized carbons (Fsp3) is 0.240. The standard InChI is InChI=1S/C25H25ClFNO2/c1-17(2)11-24(20-13-21(26)15-22(27)14-20)28-25(29)19-8-6-7-18(12-19)16-30-23-9-4-3-5-10-23/h3-10,12-15,17,24H,11,16H2,1-2H3,(H,28,29). The molecule has 0 aliphatic rings. The van der Waals surface area contributed by atoms with Gasteiger partial charge in [-0.1, -0.05) is 55.8 Å². The predicted molar refractivity (Wildman–Crippen MR) is 118 cm³/mol. The molecule has 0 aromatic heterocycles. The van der Waals surface area contributed by atoms with Crippen molar-refractivity contribution < 1.29 is 13.9 Å². The zero-order chi connectivity index (χ0) is 21.5. The summed E-state index contributed by atoms with van der Waals surface area (Å²) in [6, 6.07) is 20.9. The Morgan fingerprint density at radius 2 is 1.80 bits per heavy atom. The van der Waals surface area contributed by atoms with E-state index in [0.29, 0.717) is 35.1 Å². The van der Waals surface area contributed by atoms with E-state index in [1.807, 2.05) is 48.5 Å². The molecule has 3 nitrogen and oxygen atoms in total. The molecule has 0 saturated carbocycles. The summed E-state index contributed by atoms with van der Waals surface area (Å²) in [6.45, 7) is 4.48. The molecule has 0 aliphatic heterocycles. The van der Waals surface area contributed by atoms with Crippen molar-refractivity contribution in [3.05, 3.63) is 100 Å². The van der Waals surface area contributed by atoms with E-state index >= 15 is 0 Å². The minimum Gasteiger partial charge on any atom is -0.489 e. The molecule has 0 aliphatic carbocycles. The number of benzene rings is 3. The van der Waals surface area contributed by atoms with E-state index in [4.69, 9.17) is 16.3 Å². The smallest absolute Gasteiger partial charge is 0.251 e. The van der Waals surface area contributed by atoms with E-state index in [0.717, 1.165) is 11.3 Å². The first-order chi connectivity index (χ1) is 14.4. The number of amides is 1. The van der Waals surface area contributed by atoms with Gasteiger partial charge in [0.2, 0.25) is 0 Å². The number of nitrogens with one attached hydrogen (secondary N) is 1. The van der Waals surface area contributed by atoms with Crippen molar-refractivity contribution in [2.45, 2.75) is 32.9 Å². The van der Waals surface area contributed by atoms with Gasteiger partial charge >= 0.3 is 0 Å². The van der Waals surface area contributed by atoms with Crippen LogP contribution in [0.4, 0.5) is 4.39 Å². The van der Waals surface area contributed by atoms with Crippen molar-refractivity contribution in [3.63, 3.8) is 0 Å². The second-order valence-corrected chi connectivity index (χ2v) is 8.10. The summed E-state index contributed by atoms with van der Waals surface area (Å²) in [7, 11) is 0. The molecule has 3 aromatic carbocycles. The zero-order valence-corrected chi connectivity index (χ0v) is 17.8. The molecule has 0 saturated heterocycles. The molecule has 1 atom stereocenters. The third-order valence-electron chi connectivity index (χ3n) is 4.64. The van der Waals surface area contributed by atoms with Crippen LogP contribution in [0.25, 0.3) is 0 Å². The highest BCUT2D eigenvalue weighted by molar-refractivity contribution is 6.30. The molecule has 0 bridgehead atoms. The van der Waals surface area contributed by atoms with Crippen molar-refractivity contribution in [2.75, 3.05) is 0 Å². The van der Waals surface area contributed by atoms with Gasteiger partial charge in [-0.3, -0.25) is 4.79 Å². The Labute approximate surface area is 181 Å². The number of rotatable bonds is 8. The maximum absolute atomic E-state index is 13.9. The largest absolute Gasteiger partial charge is 0.489 e. The zero-order valence-electron chi connectivity index (χ0n) is 17.1. The van der Waals surface area contributed by atoms with Crippen LogP contribution in [0, 0.1) is 11.7 Å². The summed E-state index contributed by atoms with van der Waals surface area (Å²) in [4.78, 5) is 12.9. The predicted octanol–water partition coefficient (Wildman–Crippen LogP) is 6.58. The van der Waals surface area contributed by atoms with E-state index in [1.54, 1.807) is 12.1 Å². The van der Waals surface area contributed by atoms with Gasteiger partial charge in [0.15, 0.2) is 0 Å². The van der Waals surface area contributed by atoms with Gasteiger partial charge in [0.25, 0.3) is 5.91 Å². The Hall–Kier alpha value is -2.85. The summed E-state index contributed by atoms with van der Waals surface area (Å²) < 4.78 is 19.6. The van der Waals surface area contributed by atoms with Gasteiger partial charge in [-0.05, 0) is 65.9 Å². The minimum absolute atomic E-state index is 0.220. The van der Waals surface area contributed by atoms with Gasteiger partial charge in [-0.15, -0.1) is 0 Å². The Morgan fingerprint density at radius 1 is 1.03 bits per heavy atom. The Kier molecular flexibility index (Phi) is 7.47. The summed E-state index contributed by atoms with van der Waals surface area (Å²) in [6.07, 6.45) is 0.669. The minimum atomic E-state index is -0.416. The number of halogens is 2. The molecule has 1 amide bonds. The molecule has 3 rings (SSSR count). The molecule has 0 spiro atoms. The lowest BCUT2D eigenvalue weighted by molar-refractivity contribution is 0.0931.